The number of fused-ring (bicyclic) bond motifs is 2. The van der Waals surface area contributed by atoms with Crippen molar-refractivity contribution < 1.29 is 26.2 Å². The predicted octanol–water partition coefficient (Wildman–Crippen LogP) is 9.34. The summed E-state index contributed by atoms with van der Waals surface area (Å²) >= 11 is 0. The Morgan fingerprint density at radius 1 is 0.606 bits per heavy atom. The van der Waals surface area contributed by atoms with E-state index in [0.29, 0.717) is 0 Å². The molecule has 0 atom stereocenters. The van der Waals surface area contributed by atoms with Crippen LogP contribution in [0, 0.1) is 21.3 Å². The smallest absolute Gasteiger partial charge is 0.358 e. The second-order valence-corrected chi connectivity index (χ2v) is 6.87. The van der Waals surface area contributed by atoms with Crippen LogP contribution < -0.4 is 0 Å². The maximum absolute atomic E-state index is 2.26. The molecule has 0 aliphatic heterocycles. The molecule has 0 bridgehead atoms. The third kappa shape index (κ3) is 9.38. The number of benzene rings is 3. The van der Waals surface area contributed by atoms with Crippen LogP contribution in [0.15, 0.2) is 97.1 Å². The summed E-state index contributed by atoms with van der Waals surface area (Å²) in [5, 5.41) is 5.38. The van der Waals surface area contributed by atoms with Gasteiger partial charge in [-0.1, -0.05) is 75.7 Å². The fourth-order valence-corrected chi connectivity index (χ4v) is 3.56. The summed E-state index contributed by atoms with van der Waals surface area (Å²) in [6.07, 6.45) is 0. The van der Waals surface area contributed by atoms with Crippen LogP contribution in [0.3, 0.4) is 0 Å². The van der Waals surface area contributed by atoms with Gasteiger partial charge in [0.05, 0.1) is 0 Å². The van der Waals surface area contributed by atoms with E-state index >= 15 is 0 Å². The van der Waals surface area contributed by atoms with Crippen LogP contribution in [-0.2, 0) is 26.2 Å². The van der Waals surface area contributed by atoms with Crippen molar-refractivity contribution in [3.8, 4) is 11.1 Å². The topological polar surface area (TPSA) is 0 Å². The molecule has 0 saturated heterocycles. The van der Waals surface area contributed by atoms with Gasteiger partial charge in [-0.3, -0.25) is 0 Å². The van der Waals surface area contributed by atoms with Crippen molar-refractivity contribution in [2.24, 2.45) is 0 Å². The molecule has 0 aromatic heterocycles. The minimum absolute atomic E-state index is 0. The van der Waals surface area contributed by atoms with Crippen molar-refractivity contribution in [3.05, 3.63) is 116 Å². The number of hydrogen-bond acceptors (Lipinski definition) is 0. The van der Waals surface area contributed by atoms with Crippen molar-refractivity contribution in [3.63, 3.8) is 0 Å². The molecule has 5 rings (SSSR count). The Kier molecular flexibility index (Phi) is 19.7. The number of hydrogen-bond donors (Lipinski definition) is 0. The van der Waals surface area contributed by atoms with Gasteiger partial charge in [-0.05, 0) is 5.56 Å². The van der Waals surface area contributed by atoms with E-state index in [0.717, 1.165) is 0 Å². The fraction of sp³-hybridized carbons (Fsp3) is 0.138. The molecule has 0 N–H and O–H groups in total. The van der Waals surface area contributed by atoms with Gasteiger partial charge in [0, 0.05) is 11.0 Å². The molecular weight excluding hydrogens is 539 g/mol. The number of aryl methyl sites for hydroxylation is 2. The third-order valence-electron chi connectivity index (χ3n) is 4.74. The first kappa shape index (κ1) is 36.1. The molecule has 0 amide bonds. The summed E-state index contributed by atoms with van der Waals surface area (Å²) < 4.78 is 0. The van der Waals surface area contributed by atoms with Crippen molar-refractivity contribution in [2.45, 2.75) is 27.7 Å². The molecule has 0 spiro atoms. The third-order valence-corrected chi connectivity index (χ3v) is 4.74. The Labute approximate surface area is 236 Å². The second-order valence-electron chi connectivity index (χ2n) is 6.87. The summed E-state index contributed by atoms with van der Waals surface area (Å²) in [5.41, 5.74) is 5.30. The summed E-state index contributed by atoms with van der Waals surface area (Å²) in [7, 11) is 0. The molecule has 0 heterocycles. The van der Waals surface area contributed by atoms with Crippen LogP contribution in [0.5, 0.6) is 0 Å². The van der Waals surface area contributed by atoms with Crippen molar-refractivity contribution in [1.82, 2.24) is 0 Å². The molecule has 5 aromatic carbocycles. The van der Waals surface area contributed by atoms with Gasteiger partial charge in [-0.2, -0.15) is 12.1 Å². The minimum atomic E-state index is 0. The first-order valence-corrected chi connectivity index (χ1v) is 10.0. The Bertz CT molecular complexity index is 1130. The summed E-state index contributed by atoms with van der Waals surface area (Å²) in [6.45, 7) is 8.27. The molecule has 0 fully saturated rings. The molecule has 0 nitrogen and oxygen atoms in total. The molecule has 5 radical (unpaired) electrons. The van der Waals surface area contributed by atoms with E-state index in [1.54, 1.807) is 0 Å². The van der Waals surface area contributed by atoms with E-state index in [9.17, 15) is 0 Å². The zero-order valence-electron chi connectivity index (χ0n) is 20.1. The zero-order chi connectivity index (χ0) is 19.9. The minimum Gasteiger partial charge on any atom is -0.358 e. The van der Waals surface area contributed by atoms with Gasteiger partial charge in [-0.25, -0.2) is 0 Å². The number of halogens is 2. The molecular formula is C29H33Cl2SiZr. The van der Waals surface area contributed by atoms with E-state index < -0.39 is 0 Å². The van der Waals surface area contributed by atoms with Crippen LogP contribution in [0.2, 0.25) is 0 Å². The van der Waals surface area contributed by atoms with E-state index in [1.807, 2.05) is 13.8 Å². The summed E-state index contributed by atoms with van der Waals surface area (Å²) in [6, 6.07) is 34.4. The van der Waals surface area contributed by atoms with Gasteiger partial charge in [0.25, 0.3) is 0 Å². The molecule has 0 unspecified atom stereocenters. The van der Waals surface area contributed by atoms with Crippen LogP contribution in [0.25, 0.3) is 32.7 Å². The maximum Gasteiger partial charge on any atom is 3.00 e. The van der Waals surface area contributed by atoms with Gasteiger partial charge < -0.3 is 7.43 Å². The molecule has 0 saturated carbocycles. The fourth-order valence-electron chi connectivity index (χ4n) is 3.56. The van der Waals surface area contributed by atoms with Crippen molar-refractivity contribution in [2.75, 3.05) is 0 Å². The number of rotatable bonds is 1. The molecule has 171 valence electrons. The first-order chi connectivity index (χ1) is 13.7. The Morgan fingerprint density at radius 3 is 1.76 bits per heavy atom. The largest absolute Gasteiger partial charge is 3.00 e. The van der Waals surface area contributed by atoms with Crippen LogP contribution >= 0.6 is 24.8 Å². The molecule has 5 aromatic rings. The monoisotopic (exact) mass is 569 g/mol. The molecule has 0 aliphatic carbocycles. The van der Waals surface area contributed by atoms with Crippen molar-refractivity contribution >= 4 is 57.3 Å². The van der Waals surface area contributed by atoms with Gasteiger partial charge in [0.1, 0.15) is 0 Å². The Hall–Kier alpha value is -1.44. The summed E-state index contributed by atoms with van der Waals surface area (Å²) in [4.78, 5) is 0. The molecule has 4 heteroatoms. The van der Waals surface area contributed by atoms with Crippen LogP contribution in [0.4, 0.5) is 0 Å². The van der Waals surface area contributed by atoms with E-state index in [-0.39, 0.29) is 69.4 Å². The van der Waals surface area contributed by atoms with Gasteiger partial charge in [0.15, 0.2) is 0 Å². The maximum atomic E-state index is 2.26. The average molecular weight is 572 g/mol. The second kappa shape index (κ2) is 18.0. The zero-order valence-corrected chi connectivity index (χ0v) is 25.1. The van der Waals surface area contributed by atoms with Crippen LogP contribution in [-0.4, -0.2) is 11.0 Å². The van der Waals surface area contributed by atoms with Gasteiger partial charge >= 0.3 is 26.2 Å². The Balaban J connectivity index is -0.000000471. The normalized spacial score (nSPS) is 8.61. The Morgan fingerprint density at radius 2 is 1.12 bits per heavy atom. The van der Waals surface area contributed by atoms with Gasteiger partial charge in [0.2, 0.25) is 0 Å². The van der Waals surface area contributed by atoms with Crippen LogP contribution in [0.1, 0.15) is 25.0 Å². The molecule has 33 heavy (non-hydrogen) atoms. The standard InChI is InChI=1S/C16H13.C10H9.C2H6.CH3.2ClH.Si.Zr/c1-12-10-14-8-5-9-15(16(14)11-12)13-6-3-2-4-7-13;1-8-6-9-4-2-3-5-10(9)7-8;1-2;;;;;/h2-11H,1H3;2-7H,1H3;1-2H3;1H3;2*1H;;/q2*-1;;-1;;;;+3. The first-order valence-electron chi connectivity index (χ1n) is 10.0. The quantitative estimate of drug-likeness (QED) is 0.139. The van der Waals surface area contributed by atoms with E-state index in [1.165, 1.54) is 43.8 Å². The van der Waals surface area contributed by atoms with Crippen molar-refractivity contribution in [1.29, 1.82) is 0 Å². The summed E-state index contributed by atoms with van der Waals surface area (Å²) in [5.74, 6) is 0. The van der Waals surface area contributed by atoms with E-state index in [4.69, 9.17) is 0 Å². The predicted molar refractivity (Wildman–Crippen MR) is 152 cm³/mol. The molecule has 0 aliphatic rings. The average Bonchev–Trinajstić information content (AvgIpc) is 3.31. The van der Waals surface area contributed by atoms with Gasteiger partial charge in [-0.15, -0.1) is 100.0 Å². The van der Waals surface area contributed by atoms with E-state index in [2.05, 4.69) is 111 Å². The SMILES string of the molecule is CC.Cc1cc2c(-c3ccccc3)cccc2[cH-]1.Cc1cc2ccccc2[cH-]1.Cl.Cl.[CH3-].[Si].[Zr+3].